The Bertz CT molecular complexity index is 956. The Morgan fingerprint density at radius 3 is 2.75 bits per heavy atom. The van der Waals surface area contributed by atoms with Crippen molar-refractivity contribution in [3.63, 3.8) is 0 Å². The first-order chi connectivity index (χ1) is 13.5. The van der Waals surface area contributed by atoms with E-state index in [1.54, 1.807) is 12.0 Å². The number of carbonyl (C=O) groups excluding carboxylic acids is 2. The molecule has 2 aromatic rings. The van der Waals surface area contributed by atoms with Gasteiger partial charge in [-0.1, -0.05) is 30.0 Å². The average molecular weight is 376 g/mol. The van der Waals surface area contributed by atoms with Crippen molar-refractivity contribution in [3.05, 3.63) is 59.2 Å². The first-order valence-corrected chi connectivity index (χ1v) is 9.27. The van der Waals surface area contributed by atoms with Gasteiger partial charge in [-0.2, -0.15) is 0 Å². The summed E-state index contributed by atoms with van der Waals surface area (Å²) in [4.78, 5) is 26.5. The third-order valence-corrected chi connectivity index (χ3v) is 4.98. The molecular weight excluding hydrogens is 352 g/mol. The van der Waals surface area contributed by atoms with Crippen LogP contribution in [0.15, 0.2) is 42.5 Å². The fourth-order valence-electron chi connectivity index (χ4n) is 3.19. The lowest BCUT2D eigenvalue weighted by Gasteiger charge is -2.17. The van der Waals surface area contributed by atoms with E-state index in [1.807, 2.05) is 56.3 Å². The van der Waals surface area contributed by atoms with Gasteiger partial charge in [0.2, 0.25) is 11.8 Å². The molecule has 28 heavy (non-hydrogen) atoms. The number of para-hydroxylation sites is 1. The molecule has 1 atom stereocenters. The van der Waals surface area contributed by atoms with E-state index in [9.17, 15) is 9.59 Å². The van der Waals surface area contributed by atoms with Crippen molar-refractivity contribution in [3.8, 4) is 17.6 Å². The minimum atomic E-state index is -0.359. The number of aryl methyl sites for hydroxylation is 2. The van der Waals surface area contributed by atoms with Gasteiger partial charge in [-0.15, -0.1) is 0 Å². The molecule has 2 amide bonds. The fourth-order valence-corrected chi connectivity index (χ4v) is 3.19. The molecule has 0 aliphatic carbocycles. The Labute approximate surface area is 165 Å². The zero-order valence-electron chi connectivity index (χ0n) is 16.4. The summed E-state index contributed by atoms with van der Waals surface area (Å²) in [5, 5.41) is 2.81. The highest BCUT2D eigenvalue weighted by molar-refractivity contribution is 6.00. The molecule has 3 rings (SSSR count). The van der Waals surface area contributed by atoms with Gasteiger partial charge in [-0.25, -0.2) is 0 Å². The normalized spacial score (nSPS) is 15.8. The first kappa shape index (κ1) is 19.5. The second kappa shape index (κ2) is 8.62. The highest BCUT2D eigenvalue weighted by Crippen LogP contribution is 2.26. The standard InChI is InChI=1S/C23H24N2O3/c1-16-10-11-20(13-17(16)2)25-15-19(14-22(25)26)23(27)24-12-6-8-18-7-4-5-9-21(18)28-3/h4-5,7,9-11,13,19H,12,14-15H2,1-3H3,(H,24,27). The molecule has 1 fully saturated rings. The minimum Gasteiger partial charge on any atom is -0.495 e. The zero-order chi connectivity index (χ0) is 20.1. The topological polar surface area (TPSA) is 58.6 Å². The zero-order valence-corrected chi connectivity index (χ0v) is 16.4. The Balaban J connectivity index is 1.58. The molecule has 5 heteroatoms. The molecule has 1 aliphatic rings. The first-order valence-electron chi connectivity index (χ1n) is 9.27. The summed E-state index contributed by atoms with van der Waals surface area (Å²) in [5.74, 6) is 6.11. The lowest BCUT2D eigenvalue weighted by Crippen LogP contribution is -2.33. The largest absolute Gasteiger partial charge is 0.495 e. The van der Waals surface area contributed by atoms with Crippen LogP contribution in [-0.4, -0.2) is 32.0 Å². The maximum atomic E-state index is 12.4. The number of hydrogen-bond acceptors (Lipinski definition) is 3. The summed E-state index contributed by atoms with van der Waals surface area (Å²) < 4.78 is 5.25. The molecular formula is C23H24N2O3. The smallest absolute Gasteiger partial charge is 0.227 e. The van der Waals surface area contributed by atoms with Crippen LogP contribution in [-0.2, 0) is 9.59 Å². The van der Waals surface area contributed by atoms with Gasteiger partial charge < -0.3 is 15.0 Å². The molecule has 5 nitrogen and oxygen atoms in total. The van der Waals surface area contributed by atoms with Gasteiger partial charge in [-0.05, 0) is 49.2 Å². The number of carbonyl (C=O) groups is 2. The van der Waals surface area contributed by atoms with E-state index in [0.717, 1.165) is 16.8 Å². The van der Waals surface area contributed by atoms with Crippen LogP contribution in [0.5, 0.6) is 5.75 Å². The predicted molar refractivity (Wildman–Crippen MR) is 109 cm³/mol. The number of methoxy groups -OCH3 is 1. The second-order valence-electron chi connectivity index (χ2n) is 6.89. The molecule has 1 aliphatic heterocycles. The molecule has 1 N–H and O–H groups in total. The summed E-state index contributed by atoms with van der Waals surface area (Å²) in [6, 6.07) is 13.4. The lowest BCUT2D eigenvalue weighted by molar-refractivity contribution is -0.126. The van der Waals surface area contributed by atoms with Gasteiger partial charge in [0, 0.05) is 18.7 Å². The average Bonchev–Trinajstić information content (AvgIpc) is 3.09. The van der Waals surface area contributed by atoms with Gasteiger partial charge in [0.1, 0.15) is 5.75 Å². The Morgan fingerprint density at radius 1 is 1.21 bits per heavy atom. The minimum absolute atomic E-state index is 0.0245. The number of anilines is 1. The summed E-state index contributed by atoms with van der Waals surface area (Å²) in [6.07, 6.45) is 0.221. The van der Waals surface area contributed by atoms with E-state index < -0.39 is 0 Å². The summed E-state index contributed by atoms with van der Waals surface area (Å²) in [5.41, 5.74) is 3.93. The van der Waals surface area contributed by atoms with Gasteiger partial charge >= 0.3 is 0 Å². The van der Waals surface area contributed by atoms with E-state index in [4.69, 9.17) is 4.74 Å². The molecule has 0 radical (unpaired) electrons. The van der Waals surface area contributed by atoms with Crippen molar-refractivity contribution >= 4 is 17.5 Å². The van der Waals surface area contributed by atoms with Crippen molar-refractivity contribution in [1.82, 2.24) is 5.32 Å². The maximum absolute atomic E-state index is 12.4. The highest BCUT2D eigenvalue weighted by Gasteiger charge is 2.34. The molecule has 0 spiro atoms. The van der Waals surface area contributed by atoms with Crippen molar-refractivity contribution in [2.75, 3.05) is 25.1 Å². The number of amides is 2. The Hall–Kier alpha value is -3.26. The molecule has 1 saturated heterocycles. The van der Waals surface area contributed by atoms with Crippen LogP contribution >= 0.6 is 0 Å². The van der Waals surface area contributed by atoms with Crippen LogP contribution in [0.4, 0.5) is 5.69 Å². The number of nitrogens with one attached hydrogen (secondary N) is 1. The number of nitrogens with zero attached hydrogens (tertiary/aromatic N) is 1. The van der Waals surface area contributed by atoms with Crippen LogP contribution in [0.1, 0.15) is 23.1 Å². The molecule has 1 unspecified atom stereocenters. The molecule has 0 bridgehead atoms. The van der Waals surface area contributed by atoms with Crippen molar-refractivity contribution in [1.29, 1.82) is 0 Å². The highest BCUT2D eigenvalue weighted by atomic mass is 16.5. The van der Waals surface area contributed by atoms with Crippen molar-refractivity contribution in [2.24, 2.45) is 5.92 Å². The summed E-state index contributed by atoms with van der Waals surface area (Å²) >= 11 is 0. The maximum Gasteiger partial charge on any atom is 0.227 e. The van der Waals surface area contributed by atoms with Gasteiger partial charge in [0.25, 0.3) is 0 Å². The SMILES string of the molecule is COc1ccccc1C#CCNC(=O)C1CC(=O)N(c2ccc(C)c(C)c2)C1. The van der Waals surface area contributed by atoms with E-state index in [2.05, 4.69) is 17.2 Å². The number of hydrogen-bond donors (Lipinski definition) is 1. The van der Waals surface area contributed by atoms with E-state index in [0.29, 0.717) is 12.3 Å². The molecule has 2 aromatic carbocycles. The quantitative estimate of drug-likeness (QED) is 0.835. The van der Waals surface area contributed by atoms with Crippen LogP contribution in [0.25, 0.3) is 0 Å². The predicted octanol–water partition coefficient (Wildman–Crippen LogP) is 2.83. The monoisotopic (exact) mass is 376 g/mol. The number of ether oxygens (including phenoxy) is 1. The van der Waals surface area contributed by atoms with E-state index in [1.165, 1.54) is 5.56 Å². The number of rotatable bonds is 4. The van der Waals surface area contributed by atoms with Crippen molar-refractivity contribution < 1.29 is 14.3 Å². The lowest BCUT2D eigenvalue weighted by atomic mass is 10.1. The van der Waals surface area contributed by atoms with Crippen molar-refractivity contribution in [2.45, 2.75) is 20.3 Å². The van der Waals surface area contributed by atoms with E-state index in [-0.39, 0.29) is 30.7 Å². The van der Waals surface area contributed by atoms with Crippen LogP contribution < -0.4 is 15.0 Å². The Morgan fingerprint density at radius 2 is 2.00 bits per heavy atom. The molecule has 0 aromatic heterocycles. The third-order valence-electron chi connectivity index (χ3n) is 4.98. The number of benzene rings is 2. The van der Waals surface area contributed by atoms with Gasteiger partial charge in [-0.3, -0.25) is 9.59 Å². The third kappa shape index (κ3) is 4.34. The molecule has 1 heterocycles. The second-order valence-corrected chi connectivity index (χ2v) is 6.89. The summed E-state index contributed by atoms with van der Waals surface area (Å²) in [7, 11) is 1.60. The van der Waals surface area contributed by atoms with Gasteiger partial charge in [0.05, 0.1) is 25.1 Å². The summed E-state index contributed by atoms with van der Waals surface area (Å²) in [6.45, 7) is 4.68. The van der Waals surface area contributed by atoms with Crippen LogP contribution in [0.3, 0.4) is 0 Å². The van der Waals surface area contributed by atoms with Gasteiger partial charge in [0.15, 0.2) is 0 Å². The fraction of sp³-hybridized carbons (Fsp3) is 0.304. The Kier molecular flexibility index (Phi) is 6.00. The molecule has 0 saturated carbocycles. The van der Waals surface area contributed by atoms with Crippen LogP contribution in [0.2, 0.25) is 0 Å². The van der Waals surface area contributed by atoms with Crippen LogP contribution in [0, 0.1) is 31.6 Å². The molecule has 144 valence electrons. The van der Waals surface area contributed by atoms with E-state index >= 15 is 0 Å².